The predicted octanol–water partition coefficient (Wildman–Crippen LogP) is 3.48. The van der Waals surface area contributed by atoms with Crippen molar-refractivity contribution in [3.8, 4) is 17.2 Å². The molecule has 1 fully saturated rings. The number of carbonyl (C=O) groups excluding carboxylic acids is 1. The summed E-state index contributed by atoms with van der Waals surface area (Å²) in [6, 6.07) is 11.6. The summed E-state index contributed by atoms with van der Waals surface area (Å²) in [4.78, 5) is 37.0. The van der Waals surface area contributed by atoms with Gasteiger partial charge in [0.1, 0.15) is 12.3 Å². The van der Waals surface area contributed by atoms with Gasteiger partial charge in [0.15, 0.2) is 0 Å². The molecule has 0 atom stereocenters. The largest absolute Gasteiger partial charge is 0.496 e. The molecule has 1 amide bonds. The molecule has 2 aromatic carbocycles. The minimum Gasteiger partial charge on any atom is -0.496 e. The first-order valence-electron chi connectivity index (χ1n) is 10.3. The summed E-state index contributed by atoms with van der Waals surface area (Å²) in [6.45, 7) is 0.830. The van der Waals surface area contributed by atoms with E-state index >= 15 is 0 Å². The van der Waals surface area contributed by atoms with Gasteiger partial charge in [-0.3, -0.25) is 14.9 Å². The molecule has 0 N–H and O–H groups in total. The van der Waals surface area contributed by atoms with Crippen molar-refractivity contribution in [2.75, 3.05) is 20.2 Å². The van der Waals surface area contributed by atoms with E-state index in [1.165, 1.54) is 12.1 Å². The van der Waals surface area contributed by atoms with E-state index < -0.39 is 10.7 Å². The number of hydrogen-bond acceptors (Lipinski definition) is 7. The molecule has 4 rings (SSSR count). The van der Waals surface area contributed by atoms with Crippen LogP contribution >= 0.6 is 11.6 Å². The number of ether oxygens (including phenoxy) is 1. The highest BCUT2D eigenvalue weighted by Gasteiger charge is 2.26. The number of aromatic nitrogens is 2. The lowest BCUT2D eigenvalue weighted by Crippen LogP contribution is -2.41. The van der Waals surface area contributed by atoms with E-state index in [0.29, 0.717) is 13.1 Å². The number of non-ortho nitro benzene ring substituents is 1. The van der Waals surface area contributed by atoms with Crippen LogP contribution in [0.2, 0.25) is 5.02 Å². The number of benzene rings is 2. The Labute approximate surface area is 193 Å². The lowest BCUT2D eigenvalue weighted by molar-refractivity contribution is -0.384. The molecule has 2 heterocycles. The van der Waals surface area contributed by atoms with E-state index in [1.54, 1.807) is 12.0 Å². The van der Waals surface area contributed by atoms with Crippen molar-refractivity contribution < 1.29 is 18.9 Å². The molecule has 0 spiro atoms. The maximum Gasteiger partial charge on any atom is 0.437 e. The zero-order valence-corrected chi connectivity index (χ0v) is 18.5. The van der Waals surface area contributed by atoms with E-state index in [4.69, 9.17) is 20.8 Å². The van der Waals surface area contributed by atoms with Crippen LogP contribution in [0.1, 0.15) is 24.3 Å². The molecule has 0 radical (unpaired) electrons. The van der Waals surface area contributed by atoms with Crippen LogP contribution in [-0.2, 0) is 11.3 Å². The second-order valence-corrected chi connectivity index (χ2v) is 8.06. The van der Waals surface area contributed by atoms with Gasteiger partial charge in [-0.15, -0.1) is 5.10 Å². The van der Waals surface area contributed by atoms with Gasteiger partial charge in [0, 0.05) is 25.2 Å². The van der Waals surface area contributed by atoms with E-state index in [0.717, 1.165) is 34.9 Å². The number of piperidine rings is 1. The molecule has 0 saturated carbocycles. The van der Waals surface area contributed by atoms with Crippen LogP contribution in [0.25, 0.3) is 11.5 Å². The van der Waals surface area contributed by atoms with Crippen molar-refractivity contribution >= 4 is 23.2 Å². The highest BCUT2D eigenvalue weighted by molar-refractivity contribution is 6.33. The minimum absolute atomic E-state index is 0.0161. The molecule has 0 bridgehead atoms. The van der Waals surface area contributed by atoms with Gasteiger partial charge in [0.2, 0.25) is 5.91 Å². The molecular formula is C22H21ClN4O6. The molecule has 172 valence electrons. The maximum atomic E-state index is 12.8. The van der Waals surface area contributed by atoms with E-state index in [9.17, 15) is 19.7 Å². The lowest BCUT2D eigenvalue weighted by Gasteiger charge is -2.32. The molecule has 1 aromatic heterocycles. The second kappa shape index (κ2) is 9.45. The number of nitrogens with zero attached hydrogens (tertiary/aromatic N) is 4. The van der Waals surface area contributed by atoms with Crippen LogP contribution < -0.4 is 10.5 Å². The quantitative estimate of drug-likeness (QED) is 0.397. The Morgan fingerprint density at radius 2 is 2.00 bits per heavy atom. The third-order valence-corrected chi connectivity index (χ3v) is 6.02. The maximum absolute atomic E-state index is 12.8. The summed E-state index contributed by atoms with van der Waals surface area (Å²) in [7, 11) is 1.64. The summed E-state index contributed by atoms with van der Waals surface area (Å²) in [5, 5.41) is 14.9. The second-order valence-electron chi connectivity index (χ2n) is 7.65. The van der Waals surface area contributed by atoms with E-state index in [2.05, 4.69) is 5.10 Å². The Hall–Kier alpha value is -3.66. The third kappa shape index (κ3) is 4.75. The lowest BCUT2D eigenvalue weighted by atomic mass is 9.89. The summed E-state index contributed by atoms with van der Waals surface area (Å²) in [5.74, 6) is -0.0332. The average molecular weight is 473 g/mol. The number of nitro groups is 1. The molecular weight excluding hydrogens is 452 g/mol. The Morgan fingerprint density at radius 3 is 2.67 bits per heavy atom. The van der Waals surface area contributed by atoms with Gasteiger partial charge in [0.05, 0.1) is 22.6 Å². The first-order chi connectivity index (χ1) is 15.9. The van der Waals surface area contributed by atoms with Gasteiger partial charge < -0.3 is 14.1 Å². The fourth-order valence-corrected chi connectivity index (χ4v) is 4.23. The molecule has 11 heteroatoms. The number of carbonyl (C=O) groups is 1. The van der Waals surface area contributed by atoms with E-state index in [1.807, 2.05) is 24.3 Å². The van der Waals surface area contributed by atoms with Crippen LogP contribution in [0, 0.1) is 10.1 Å². The summed E-state index contributed by atoms with van der Waals surface area (Å²) >= 11 is 6.08. The molecule has 33 heavy (non-hydrogen) atoms. The van der Waals surface area contributed by atoms with Gasteiger partial charge in [-0.25, -0.2) is 4.79 Å². The normalized spacial score (nSPS) is 14.3. The van der Waals surface area contributed by atoms with Gasteiger partial charge in [0.25, 0.3) is 11.6 Å². The topological polar surface area (TPSA) is 121 Å². The molecule has 1 aliphatic heterocycles. The van der Waals surface area contributed by atoms with Gasteiger partial charge in [-0.2, -0.15) is 4.68 Å². The predicted molar refractivity (Wildman–Crippen MR) is 119 cm³/mol. The molecule has 0 aliphatic carbocycles. The van der Waals surface area contributed by atoms with Crippen molar-refractivity contribution in [3.05, 3.63) is 73.7 Å². The minimum atomic E-state index is -0.809. The first kappa shape index (κ1) is 22.5. The van der Waals surface area contributed by atoms with Crippen LogP contribution in [0.15, 0.2) is 51.7 Å². The molecule has 1 aliphatic rings. The molecule has 0 unspecified atom stereocenters. The van der Waals surface area contributed by atoms with Crippen molar-refractivity contribution in [1.29, 1.82) is 0 Å². The smallest absolute Gasteiger partial charge is 0.437 e. The zero-order chi connectivity index (χ0) is 23.5. The van der Waals surface area contributed by atoms with Crippen LogP contribution in [0.3, 0.4) is 0 Å². The number of nitro benzene ring substituents is 1. The van der Waals surface area contributed by atoms with Crippen molar-refractivity contribution in [3.63, 3.8) is 0 Å². The van der Waals surface area contributed by atoms with Crippen LogP contribution in [0.4, 0.5) is 5.69 Å². The summed E-state index contributed by atoms with van der Waals surface area (Å²) in [5.41, 5.74) is 1.16. The zero-order valence-electron chi connectivity index (χ0n) is 17.8. The number of hydrogen-bond donors (Lipinski definition) is 0. The number of para-hydroxylation sites is 1. The average Bonchev–Trinajstić information content (AvgIpc) is 3.18. The van der Waals surface area contributed by atoms with Crippen LogP contribution in [-0.4, -0.2) is 45.7 Å². The summed E-state index contributed by atoms with van der Waals surface area (Å²) in [6.07, 6.45) is 1.56. The third-order valence-electron chi connectivity index (χ3n) is 5.71. The number of methoxy groups -OCH3 is 1. The Kier molecular flexibility index (Phi) is 6.45. The van der Waals surface area contributed by atoms with Crippen LogP contribution in [0.5, 0.6) is 5.75 Å². The first-order valence-corrected chi connectivity index (χ1v) is 10.7. The monoisotopic (exact) mass is 472 g/mol. The molecule has 10 nitrogen and oxygen atoms in total. The van der Waals surface area contributed by atoms with Crippen molar-refractivity contribution in [2.45, 2.75) is 25.3 Å². The molecule has 3 aromatic rings. The highest BCUT2D eigenvalue weighted by Crippen LogP contribution is 2.34. The van der Waals surface area contributed by atoms with Gasteiger partial charge in [-0.1, -0.05) is 29.8 Å². The van der Waals surface area contributed by atoms with Crippen molar-refractivity contribution in [1.82, 2.24) is 14.7 Å². The number of rotatable bonds is 6. The fourth-order valence-electron chi connectivity index (χ4n) is 3.98. The highest BCUT2D eigenvalue weighted by atomic mass is 35.5. The number of likely N-dealkylation sites (tertiary alicyclic amines) is 1. The Bertz CT molecular complexity index is 1250. The number of halogens is 1. The van der Waals surface area contributed by atoms with Crippen molar-refractivity contribution in [2.24, 2.45) is 0 Å². The molecule has 1 saturated heterocycles. The Morgan fingerprint density at radius 1 is 1.27 bits per heavy atom. The van der Waals surface area contributed by atoms with Gasteiger partial charge in [-0.05, 0) is 36.5 Å². The summed E-state index contributed by atoms with van der Waals surface area (Å²) < 4.78 is 11.5. The SMILES string of the molecule is COc1ccccc1C1CCN(C(=O)Cn2nc(-c3ccc([N+](=O)[O-])cc3Cl)oc2=O)CC1. The fraction of sp³-hybridized carbons (Fsp3) is 0.318. The standard InChI is InChI=1S/C22H21ClN4O6/c1-32-19-5-3-2-4-16(19)14-8-10-25(11-9-14)20(28)13-26-22(29)33-21(24-26)17-7-6-15(27(30)31)12-18(17)23/h2-7,12,14H,8-11,13H2,1H3. The van der Waals surface area contributed by atoms with Gasteiger partial charge >= 0.3 is 5.76 Å². The van der Waals surface area contributed by atoms with E-state index in [-0.39, 0.29) is 40.5 Å². The Balaban J connectivity index is 1.42. The number of amides is 1.